The van der Waals surface area contributed by atoms with Gasteiger partial charge in [-0.05, 0) is 33.1 Å². The molecule has 7 heteroatoms. The smallest absolute Gasteiger partial charge is 0.355 e. The van der Waals surface area contributed by atoms with Gasteiger partial charge in [-0.25, -0.2) is 0 Å². The van der Waals surface area contributed by atoms with Crippen LogP contribution < -0.4 is 5.56 Å². The molecule has 2 heterocycles. The van der Waals surface area contributed by atoms with E-state index in [1.54, 1.807) is 11.6 Å². The SMILES string of the molecule is Cc1c([N+](=O)[O-])c(=O)[nH]n1C1CCOC(C)CC1. The van der Waals surface area contributed by atoms with Crippen LogP contribution in [0, 0.1) is 17.0 Å². The normalized spacial score (nSPS) is 24.8. The lowest BCUT2D eigenvalue weighted by atomic mass is 10.1. The molecule has 1 aliphatic rings. The van der Waals surface area contributed by atoms with Crippen LogP contribution in [0.5, 0.6) is 0 Å². The van der Waals surface area contributed by atoms with Crippen molar-refractivity contribution in [2.45, 2.75) is 45.3 Å². The summed E-state index contributed by atoms with van der Waals surface area (Å²) in [6, 6.07) is 0.0661. The molecule has 0 radical (unpaired) electrons. The zero-order valence-electron chi connectivity index (χ0n) is 10.5. The summed E-state index contributed by atoms with van der Waals surface area (Å²) in [4.78, 5) is 21.7. The van der Waals surface area contributed by atoms with E-state index in [0.29, 0.717) is 12.3 Å². The van der Waals surface area contributed by atoms with E-state index >= 15 is 0 Å². The van der Waals surface area contributed by atoms with Crippen LogP contribution in [0.15, 0.2) is 4.79 Å². The fourth-order valence-electron chi connectivity index (χ4n) is 2.42. The number of aromatic nitrogens is 2. The van der Waals surface area contributed by atoms with Crippen LogP contribution in [0.1, 0.15) is 37.9 Å². The summed E-state index contributed by atoms with van der Waals surface area (Å²) in [5, 5.41) is 13.4. The van der Waals surface area contributed by atoms with Gasteiger partial charge in [0.15, 0.2) is 0 Å². The number of hydrogen-bond donors (Lipinski definition) is 1. The predicted octanol–water partition coefficient (Wildman–Crippen LogP) is 1.52. The summed E-state index contributed by atoms with van der Waals surface area (Å²) < 4.78 is 7.17. The second kappa shape index (κ2) is 4.93. The number of hydrogen-bond acceptors (Lipinski definition) is 4. The highest BCUT2D eigenvalue weighted by molar-refractivity contribution is 5.32. The topological polar surface area (TPSA) is 90.2 Å². The van der Waals surface area contributed by atoms with Gasteiger partial charge in [-0.1, -0.05) is 0 Å². The maximum Gasteiger partial charge on any atom is 0.355 e. The third kappa shape index (κ3) is 2.31. The van der Waals surface area contributed by atoms with E-state index in [2.05, 4.69) is 5.10 Å². The van der Waals surface area contributed by atoms with E-state index in [-0.39, 0.29) is 17.8 Å². The van der Waals surface area contributed by atoms with Crippen molar-refractivity contribution in [3.05, 3.63) is 26.2 Å². The fourth-order valence-corrected chi connectivity index (χ4v) is 2.42. The number of nitro groups is 1. The van der Waals surface area contributed by atoms with Crippen molar-refractivity contribution < 1.29 is 9.66 Å². The van der Waals surface area contributed by atoms with Gasteiger partial charge in [0.25, 0.3) is 0 Å². The van der Waals surface area contributed by atoms with Crippen LogP contribution in [-0.2, 0) is 4.74 Å². The van der Waals surface area contributed by atoms with Gasteiger partial charge in [-0.15, -0.1) is 0 Å². The zero-order chi connectivity index (χ0) is 13.3. The van der Waals surface area contributed by atoms with Gasteiger partial charge in [0, 0.05) is 6.61 Å². The second-order valence-electron chi connectivity index (χ2n) is 4.70. The average Bonchev–Trinajstić information content (AvgIpc) is 2.47. The Morgan fingerprint density at radius 2 is 2.17 bits per heavy atom. The van der Waals surface area contributed by atoms with Crippen molar-refractivity contribution in [2.24, 2.45) is 0 Å². The molecule has 0 bridgehead atoms. The van der Waals surface area contributed by atoms with Gasteiger partial charge in [-0.2, -0.15) is 0 Å². The lowest BCUT2D eigenvalue weighted by molar-refractivity contribution is -0.386. The van der Waals surface area contributed by atoms with Gasteiger partial charge in [-0.3, -0.25) is 24.7 Å². The first-order valence-corrected chi connectivity index (χ1v) is 6.07. The third-order valence-electron chi connectivity index (χ3n) is 3.45. The first-order valence-electron chi connectivity index (χ1n) is 6.07. The highest BCUT2D eigenvalue weighted by Crippen LogP contribution is 2.26. The highest BCUT2D eigenvalue weighted by atomic mass is 16.6. The standard InChI is InChI=1S/C11H17N3O4/c1-7-3-4-9(5-6-18-7)13-8(2)10(14(16)17)11(15)12-13/h7,9H,3-6H2,1-2H3,(H,12,15). The molecule has 100 valence electrons. The molecule has 7 nitrogen and oxygen atoms in total. The van der Waals surface area contributed by atoms with E-state index in [0.717, 1.165) is 19.3 Å². The lowest BCUT2D eigenvalue weighted by Crippen LogP contribution is -2.14. The van der Waals surface area contributed by atoms with Crippen LogP contribution in [0.3, 0.4) is 0 Å². The first kappa shape index (κ1) is 12.8. The van der Waals surface area contributed by atoms with E-state index < -0.39 is 10.5 Å². The molecule has 1 aliphatic heterocycles. The van der Waals surface area contributed by atoms with Crippen molar-refractivity contribution >= 4 is 5.69 Å². The Morgan fingerprint density at radius 3 is 2.78 bits per heavy atom. The minimum Gasteiger partial charge on any atom is -0.378 e. The fraction of sp³-hybridized carbons (Fsp3) is 0.727. The van der Waals surface area contributed by atoms with E-state index in [9.17, 15) is 14.9 Å². The molecule has 0 spiro atoms. The Hall–Kier alpha value is -1.63. The molecular weight excluding hydrogens is 238 g/mol. The molecule has 2 unspecified atom stereocenters. The molecule has 0 aromatic carbocycles. The summed E-state index contributed by atoms with van der Waals surface area (Å²) >= 11 is 0. The molecule has 2 rings (SSSR count). The molecule has 1 aromatic rings. The highest BCUT2D eigenvalue weighted by Gasteiger charge is 2.26. The molecule has 18 heavy (non-hydrogen) atoms. The number of nitrogens with one attached hydrogen (secondary N) is 1. The molecule has 1 fully saturated rings. The van der Waals surface area contributed by atoms with Gasteiger partial charge < -0.3 is 4.74 Å². The van der Waals surface area contributed by atoms with Gasteiger partial charge in [0.05, 0.1) is 17.1 Å². The molecule has 1 aromatic heterocycles. The second-order valence-corrected chi connectivity index (χ2v) is 4.70. The zero-order valence-corrected chi connectivity index (χ0v) is 10.5. The Balaban J connectivity index is 2.31. The number of H-pyrrole nitrogens is 1. The van der Waals surface area contributed by atoms with Crippen molar-refractivity contribution in [3.63, 3.8) is 0 Å². The van der Waals surface area contributed by atoms with Crippen LogP contribution >= 0.6 is 0 Å². The predicted molar refractivity (Wildman–Crippen MR) is 64.7 cm³/mol. The van der Waals surface area contributed by atoms with Crippen LogP contribution in [0.2, 0.25) is 0 Å². The molecular formula is C11H17N3O4. The largest absolute Gasteiger partial charge is 0.378 e. The molecule has 1 saturated heterocycles. The third-order valence-corrected chi connectivity index (χ3v) is 3.45. The minimum atomic E-state index is -0.629. The monoisotopic (exact) mass is 255 g/mol. The molecule has 2 atom stereocenters. The number of aromatic amines is 1. The average molecular weight is 255 g/mol. The summed E-state index contributed by atoms with van der Waals surface area (Å²) in [7, 11) is 0. The quantitative estimate of drug-likeness (QED) is 0.640. The Bertz CT molecular complexity index is 505. The van der Waals surface area contributed by atoms with Crippen molar-refractivity contribution in [1.29, 1.82) is 0 Å². The maximum absolute atomic E-state index is 11.5. The van der Waals surface area contributed by atoms with Crippen molar-refractivity contribution in [2.75, 3.05) is 6.61 Å². The van der Waals surface area contributed by atoms with E-state index in [1.165, 1.54) is 0 Å². The van der Waals surface area contributed by atoms with Crippen LogP contribution in [-0.4, -0.2) is 27.4 Å². The Labute approximate surface area is 104 Å². The van der Waals surface area contributed by atoms with Crippen molar-refractivity contribution in [1.82, 2.24) is 9.78 Å². The van der Waals surface area contributed by atoms with Crippen LogP contribution in [0.4, 0.5) is 5.69 Å². The van der Waals surface area contributed by atoms with Crippen molar-refractivity contribution in [3.8, 4) is 0 Å². The summed E-state index contributed by atoms with van der Waals surface area (Å²) in [5.41, 5.74) is -0.589. The molecule has 1 N–H and O–H groups in total. The molecule has 0 aliphatic carbocycles. The summed E-state index contributed by atoms with van der Waals surface area (Å²) in [6.45, 7) is 4.22. The minimum absolute atomic E-state index is 0.0661. The number of ether oxygens (including phenoxy) is 1. The molecule has 0 saturated carbocycles. The Kier molecular flexibility index (Phi) is 3.51. The van der Waals surface area contributed by atoms with Gasteiger partial charge in [0.1, 0.15) is 5.69 Å². The van der Waals surface area contributed by atoms with E-state index in [1.807, 2.05) is 6.92 Å². The van der Waals surface area contributed by atoms with E-state index in [4.69, 9.17) is 4.74 Å². The number of nitrogens with zero attached hydrogens (tertiary/aromatic N) is 2. The first-order chi connectivity index (χ1) is 8.50. The maximum atomic E-state index is 11.5. The number of rotatable bonds is 2. The van der Waals surface area contributed by atoms with Crippen LogP contribution in [0.25, 0.3) is 0 Å². The molecule has 0 amide bonds. The lowest BCUT2D eigenvalue weighted by Gasteiger charge is -2.16. The summed E-state index contributed by atoms with van der Waals surface area (Å²) in [5.74, 6) is 0. The van der Waals surface area contributed by atoms with Gasteiger partial charge in [0.2, 0.25) is 0 Å². The summed E-state index contributed by atoms with van der Waals surface area (Å²) in [6.07, 6.45) is 2.70. The van der Waals surface area contributed by atoms with Gasteiger partial charge >= 0.3 is 11.2 Å². The Morgan fingerprint density at radius 1 is 1.44 bits per heavy atom.